The summed E-state index contributed by atoms with van der Waals surface area (Å²) in [5, 5.41) is 19.8. The first-order valence-corrected chi connectivity index (χ1v) is 7.77. The van der Waals surface area contributed by atoms with Crippen LogP contribution in [0.5, 0.6) is 0 Å². The molecule has 23 heavy (non-hydrogen) atoms. The zero-order chi connectivity index (χ0) is 16.9. The third-order valence-corrected chi connectivity index (χ3v) is 4.84. The average Bonchev–Trinajstić information content (AvgIpc) is 2.51. The van der Waals surface area contributed by atoms with Gasteiger partial charge in [-0.1, -0.05) is 45.1 Å². The van der Waals surface area contributed by atoms with E-state index < -0.39 is 17.5 Å². The minimum Gasteiger partial charge on any atom is -0.507 e. The number of Topliss-reactive ketones (excluding diaryl/α,β-unsaturated/α-hetero) is 2. The number of aliphatic hydroxyl groups excluding tert-OH is 2. The lowest BCUT2D eigenvalue weighted by Crippen LogP contribution is -2.31. The Labute approximate surface area is 135 Å². The molecule has 0 bridgehead atoms. The van der Waals surface area contributed by atoms with Crippen molar-refractivity contribution in [1.82, 2.24) is 0 Å². The van der Waals surface area contributed by atoms with Gasteiger partial charge in [0.25, 0.3) is 0 Å². The standard InChI is InChI=1S/C19H20O4/c1-10(9-20)14-16(21)12-6-7-13-11(5-4-8-19(13,2)3)15(12)18(23)17(14)22/h4-7,10,20-21H,8-9H2,1-3H3. The molecule has 0 heterocycles. The third kappa shape index (κ3) is 2.17. The van der Waals surface area contributed by atoms with Gasteiger partial charge in [0.2, 0.25) is 11.6 Å². The maximum Gasteiger partial charge on any atom is 0.234 e. The van der Waals surface area contributed by atoms with Crippen LogP contribution in [0.15, 0.2) is 23.8 Å². The second kappa shape index (κ2) is 5.17. The number of fused-ring (bicyclic) bond motifs is 3. The van der Waals surface area contributed by atoms with Crippen molar-refractivity contribution >= 4 is 23.4 Å². The van der Waals surface area contributed by atoms with Gasteiger partial charge >= 0.3 is 0 Å². The fourth-order valence-electron chi connectivity index (χ4n) is 3.44. The SMILES string of the molecule is CC(CO)C1=C(O)c2ccc3c(c2C(=O)C1=O)C=CCC3(C)C. The molecule has 2 aliphatic carbocycles. The van der Waals surface area contributed by atoms with Gasteiger partial charge in [-0.05, 0) is 23.0 Å². The molecule has 0 saturated carbocycles. The molecule has 1 aromatic carbocycles. The van der Waals surface area contributed by atoms with Crippen LogP contribution >= 0.6 is 0 Å². The first-order chi connectivity index (χ1) is 10.8. The molecule has 0 spiro atoms. The fourth-order valence-corrected chi connectivity index (χ4v) is 3.44. The highest BCUT2D eigenvalue weighted by Gasteiger charge is 2.39. The van der Waals surface area contributed by atoms with Gasteiger partial charge in [0, 0.05) is 23.7 Å². The summed E-state index contributed by atoms with van der Waals surface area (Å²) in [6.45, 7) is 5.49. The Morgan fingerprint density at radius 1 is 1.22 bits per heavy atom. The van der Waals surface area contributed by atoms with E-state index in [0.29, 0.717) is 5.56 Å². The Balaban J connectivity index is 2.32. The van der Waals surface area contributed by atoms with Crippen LogP contribution < -0.4 is 0 Å². The van der Waals surface area contributed by atoms with Gasteiger partial charge in [0.1, 0.15) is 5.76 Å². The van der Waals surface area contributed by atoms with E-state index in [2.05, 4.69) is 13.8 Å². The zero-order valence-electron chi connectivity index (χ0n) is 13.5. The molecule has 120 valence electrons. The highest BCUT2D eigenvalue weighted by Crippen LogP contribution is 2.41. The number of benzene rings is 1. The Kier molecular flexibility index (Phi) is 3.52. The van der Waals surface area contributed by atoms with Crippen LogP contribution in [0, 0.1) is 5.92 Å². The van der Waals surface area contributed by atoms with Crippen LogP contribution in [0.1, 0.15) is 54.2 Å². The molecule has 0 fully saturated rings. The molecule has 1 unspecified atom stereocenters. The minimum atomic E-state index is -0.721. The molecule has 0 saturated heterocycles. The number of hydrogen-bond acceptors (Lipinski definition) is 4. The van der Waals surface area contributed by atoms with Gasteiger partial charge in [-0.25, -0.2) is 0 Å². The summed E-state index contributed by atoms with van der Waals surface area (Å²) in [6.07, 6.45) is 4.71. The molecule has 0 aliphatic heterocycles. The minimum absolute atomic E-state index is 0.00370. The molecule has 1 atom stereocenters. The second-order valence-electron chi connectivity index (χ2n) is 6.94. The van der Waals surface area contributed by atoms with Crippen molar-refractivity contribution in [1.29, 1.82) is 0 Å². The van der Waals surface area contributed by atoms with Crippen LogP contribution in [-0.4, -0.2) is 28.4 Å². The molecule has 0 amide bonds. The Morgan fingerprint density at radius 3 is 2.57 bits per heavy atom. The number of ketones is 2. The van der Waals surface area contributed by atoms with Crippen molar-refractivity contribution < 1.29 is 19.8 Å². The summed E-state index contributed by atoms with van der Waals surface area (Å²) in [5.41, 5.74) is 2.27. The summed E-state index contributed by atoms with van der Waals surface area (Å²) in [7, 11) is 0. The maximum absolute atomic E-state index is 12.7. The number of carbonyl (C=O) groups excluding carboxylic acids is 2. The smallest absolute Gasteiger partial charge is 0.234 e. The van der Waals surface area contributed by atoms with Gasteiger partial charge in [-0.15, -0.1) is 0 Å². The predicted octanol–water partition coefficient (Wildman–Crippen LogP) is 3.04. The van der Waals surface area contributed by atoms with E-state index in [1.807, 2.05) is 18.2 Å². The van der Waals surface area contributed by atoms with Crippen molar-refractivity contribution in [3.8, 4) is 0 Å². The third-order valence-electron chi connectivity index (χ3n) is 4.84. The molecule has 4 nitrogen and oxygen atoms in total. The summed E-state index contributed by atoms with van der Waals surface area (Å²) in [6, 6.07) is 3.62. The maximum atomic E-state index is 12.7. The van der Waals surface area contributed by atoms with Crippen LogP contribution in [0.3, 0.4) is 0 Å². The van der Waals surface area contributed by atoms with Crippen molar-refractivity contribution in [2.24, 2.45) is 5.92 Å². The number of allylic oxidation sites excluding steroid dienone is 1. The molecular formula is C19H20O4. The first-order valence-electron chi connectivity index (χ1n) is 7.77. The lowest BCUT2D eigenvalue weighted by Gasteiger charge is -2.32. The zero-order valence-corrected chi connectivity index (χ0v) is 13.5. The predicted molar refractivity (Wildman–Crippen MR) is 88.3 cm³/mol. The summed E-state index contributed by atoms with van der Waals surface area (Å²) < 4.78 is 0. The lowest BCUT2D eigenvalue weighted by atomic mass is 9.71. The van der Waals surface area contributed by atoms with Gasteiger partial charge in [0.05, 0.1) is 5.57 Å². The summed E-state index contributed by atoms with van der Waals surface area (Å²) >= 11 is 0. The van der Waals surface area contributed by atoms with E-state index in [4.69, 9.17) is 0 Å². The summed E-state index contributed by atoms with van der Waals surface area (Å²) in [5.74, 6) is -2.10. The van der Waals surface area contributed by atoms with Gasteiger partial charge in [-0.2, -0.15) is 0 Å². The number of rotatable bonds is 2. The van der Waals surface area contributed by atoms with Crippen LogP contribution in [0.25, 0.3) is 11.8 Å². The van der Waals surface area contributed by atoms with E-state index in [-0.39, 0.29) is 28.9 Å². The van der Waals surface area contributed by atoms with Crippen molar-refractivity contribution in [3.63, 3.8) is 0 Å². The monoisotopic (exact) mass is 312 g/mol. The molecule has 2 aliphatic rings. The molecule has 2 N–H and O–H groups in total. The molecule has 0 aromatic heterocycles. The second-order valence-corrected chi connectivity index (χ2v) is 6.94. The lowest BCUT2D eigenvalue weighted by molar-refractivity contribution is -0.112. The summed E-state index contributed by atoms with van der Waals surface area (Å²) in [4.78, 5) is 25.1. The first kappa shape index (κ1) is 15.7. The van der Waals surface area contributed by atoms with Crippen molar-refractivity contribution in [2.75, 3.05) is 6.61 Å². The topological polar surface area (TPSA) is 74.6 Å². The molecular weight excluding hydrogens is 292 g/mol. The van der Waals surface area contributed by atoms with Gasteiger partial charge in [0.15, 0.2) is 0 Å². The number of carbonyl (C=O) groups is 2. The number of aliphatic hydroxyl groups is 2. The van der Waals surface area contributed by atoms with Crippen LogP contribution in [0.2, 0.25) is 0 Å². The van der Waals surface area contributed by atoms with E-state index in [1.165, 1.54) is 0 Å². The molecule has 3 rings (SSSR count). The highest BCUT2D eigenvalue weighted by molar-refractivity contribution is 6.52. The average molecular weight is 312 g/mol. The van der Waals surface area contributed by atoms with Crippen LogP contribution in [-0.2, 0) is 10.2 Å². The Hall–Kier alpha value is -2.20. The van der Waals surface area contributed by atoms with Crippen LogP contribution in [0.4, 0.5) is 0 Å². The quantitative estimate of drug-likeness (QED) is 0.823. The molecule has 0 radical (unpaired) electrons. The molecule has 1 aromatic rings. The van der Waals surface area contributed by atoms with E-state index in [1.54, 1.807) is 13.0 Å². The van der Waals surface area contributed by atoms with Gasteiger partial charge in [-0.3, -0.25) is 9.59 Å². The highest BCUT2D eigenvalue weighted by atomic mass is 16.3. The number of hydrogen-bond donors (Lipinski definition) is 2. The van der Waals surface area contributed by atoms with Crippen molar-refractivity contribution in [3.05, 3.63) is 46.0 Å². The normalized spacial score (nSPS) is 20.3. The van der Waals surface area contributed by atoms with Crippen molar-refractivity contribution in [2.45, 2.75) is 32.6 Å². The largest absolute Gasteiger partial charge is 0.507 e. The molecule has 4 heteroatoms. The van der Waals surface area contributed by atoms with E-state index >= 15 is 0 Å². The Bertz CT molecular complexity index is 781. The Morgan fingerprint density at radius 2 is 1.91 bits per heavy atom. The van der Waals surface area contributed by atoms with E-state index in [0.717, 1.165) is 17.5 Å². The van der Waals surface area contributed by atoms with Gasteiger partial charge < -0.3 is 10.2 Å². The van der Waals surface area contributed by atoms with E-state index in [9.17, 15) is 19.8 Å². The fraction of sp³-hybridized carbons (Fsp3) is 0.368.